The van der Waals surface area contributed by atoms with Crippen molar-refractivity contribution in [3.63, 3.8) is 0 Å². The first-order valence-electron chi connectivity index (χ1n) is 6.00. The number of hydrogen-bond donors (Lipinski definition) is 0. The Morgan fingerprint density at radius 3 is 2.61 bits per heavy atom. The molecular formula is C12H17N3O3. The molecule has 0 amide bonds. The predicted molar refractivity (Wildman–Crippen MR) is 66.0 cm³/mol. The van der Waals surface area contributed by atoms with Gasteiger partial charge in [-0.25, -0.2) is 14.8 Å². The minimum Gasteiger partial charge on any atom is -0.493 e. The van der Waals surface area contributed by atoms with E-state index in [2.05, 4.69) is 14.9 Å². The van der Waals surface area contributed by atoms with Gasteiger partial charge in [0.25, 0.3) is 0 Å². The van der Waals surface area contributed by atoms with Crippen LogP contribution in [-0.2, 0) is 4.74 Å². The van der Waals surface area contributed by atoms with Gasteiger partial charge in [0.1, 0.15) is 0 Å². The molecule has 0 spiro atoms. The summed E-state index contributed by atoms with van der Waals surface area (Å²) in [4.78, 5) is 22.2. The highest BCUT2D eigenvalue weighted by Crippen LogP contribution is 2.21. The van der Waals surface area contributed by atoms with Crippen molar-refractivity contribution in [3.05, 3.63) is 11.9 Å². The Morgan fingerprint density at radius 2 is 2.00 bits per heavy atom. The summed E-state index contributed by atoms with van der Waals surface area (Å²) in [7, 11) is 2.80. The molecule has 1 aliphatic heterocycles. The molecule has 98 valence electrons. The SMILES string of the molecule is COC(=O)c1nc(N2CCCCC2)ncc1OC. The van der Waals surface area contributed by atoms with Crippen LogP contribution in [0.5, 0.6) is 5.75 Å². The Morgan fingerprint density at radius 1 is 1.28 bits per heavy atom. The molecule has 18 heavy (non-hydrogen) atoms. The molecule has 1 aromatic heterocycles. The van der Waals surface area contributed by atoms with Crippen LogP contribution in [0.3, 0.4) is 0 Å². The Balaban J connectivity index is 2.29. The highest BCUT2D eigenvalue weighted by atomic mass is 16.5. The average molecular weight is 251 g/mol. The summed E-state index contributed by atoms with van der Waals surface area (Å²) in [5.41, 5.74) is 0.176. The van der Waals surface area contributed by atoms with Gasteiger partial charge in [0, 0.05) is 13.1 Å². The standard InChI is InChI=1S/C12H17N3O3/c1-17-9-8-13-12(14-10(9)11(16)18-2)15-6-4-3-5-7-15/h8H,3-7H2,1-2H3. The first-order chi connectivity index (χ1) is 8.76. The second-order valence-electron chi connectivity index (χ2n) is 4.13. The number of ether oxygens (including phenoxy) is 2. The summed E-state index contributed by atoms with van der Waals surface area (Å²) in [6.07, 6.45) is 5.01. The monoisotopic (exact) mass is 251 g/mol. The molecule has 0 saturated carbocycles. The van der Waals surface area contributed by atoms with Crippen molar-refractivity contribution in [1.82, 2.24) is 9.97 Å². The molecule has 0 radical (unpaired) electrons. The Hall–Kier alpha value is -1.85. The molecule has 2 rings (SSSR count). The van der Waals surface area contributed by atoms with Gasteiger partial charge in [-0.05, 0) is 19.3 Å². The smallest absolute Gasteiger partial charge is 0.360 e. The van der Waals surface area contributed by atoms with E-state index in [1.165, 1.54) is 26.8 Å². The van der Waals surface area contributed by atoms with E-state index in [-0.39, 0.29) is 5.69 Å². The van der Waals surface area contributed by atoms with Crippen molar-refractivity contribution in [2.75, 3.05) is 32.2 Å². The number of piperidine rings is 1. The van der Waals surface area contributed by atoms with Gasteiger partial charge in [0.05, 0.1) is 20.4 Å². The number of nitrogens with zero attached hydrogens (tertiary/aromatic N) is 3. The summed E-state index contributed by atoms with van der Waals surface area (Å²) in [5, 5.41) is 0. The molecule has 0 N–H and O–H groups in total. The zero-order valence-corrected chi connectivity index (χ0v) is 10.7. The Labute approximate surface area is 106 Å². The molecule has 1 aliphatic rings. The zero-order chi connectivity index (χ0) is 13.0. The van der Waals surface area contributed by atoms with E-state index in [0.29, 0.717) is 11.7 Å². The van der Waals surface area contributed by atoms with Crippen LogP contribution < -0.4 is 9.64 Å². The Bertz CT molecular complexity index is 431. The third-order valence-corrected chi connectivity index (χ3v) is 2.98. The van der Waals surface area contributed by atoms with Gasteiger partial charge in [-0.3, -0.25) is 0 Å². The van der Waals surface area contributed by atoms with Crippen LogP contribution in [0.1, 0.15) is 29.8 Å². The number of esters is 1. The van der Waals surface area contributed by atoms with Crippen molar-refractivity contribution in [2.45, 2.75) is 19.3 Å². The summed E-state index contributed by atoms with van der Waals surface area (Å²) in [5.74, 6) is 0.394. The van der Waals surface area contributed by atoms with Crippen LogP contribution in [0.2, 0.25) is 0 Å². The minimum atomic E-state index is -0.507. The predicted octanol–water partition coefficient (Wildman–Crippen LogP) is 1.26. The summed E-state index contributed by atoms with van der Waals surface area (Å²) >= 11 is 0. The van der Waals surface area contributed by atoms with E-state index in [4.69, 9.17) is 9.47 Å². The highest BCUT2D eigenvalue weighted by molar-refractivity contribution is 5.90. The van der Waals surface area contributed by atoms with Crippen molar-refractivity contribution in [2.24, 2.45) is 0 Å². The third kappa shape index (κ3) is 2.52. The Kier molecular flexibility index (Phi) is 3.96. The van der Waals surface area contributed by atoms with E-state index >= 15 is 0 Å². The highest BCUT2D eigenvalue weighted by Gasteiger charge is 2.20. The van der Waals surface area contributed by atoms with Crippen LogP contribution in [0.25, 0.3) is 0 Å². The van der Waals surface area contributed by atoms with Crippen molar-refractivity contribution >= 4 is 11.9 Å². The maximum Gasteiger partial charge on any atom is 0.360 e. The van der Waals surface area contributed by atoms with Crippen LogP contribution >= 0.6 is 0 Å². The van der Waals surface area contributed by atoms with Gasteiger partial charge in [-0.2, -0.15) is 0 Å². The van der Waals surface area contributed by atoms with E-state index in [1.54, 1.807) is 0 Å². The second-order valence-corrected chi connectivity index (χ2v) is 4.13. The number of aromatic nitrogens is 2. The lowest BCUT2D eigenvalue weighted by Gasteiger charge is -2.26. The van der Waals surface area contributed by atoms with Gasteiger partial charge >= 0.3 is 5.97 Å². The fourth-order valence-electron chi connectivity index (χ4n) is 2.00. The first kappa shape index (κ1) is 12.6. The van der Waals surface area contributed by atoms with Gasteiger partial charge in [-0.1, -0.05) is 0 Å². The number of hydrogen-bond acceptors (Lipinski definition) is 6. The fourth-order valence-corrected chi connectivity index (χ4v) is 2.00. The van der Waals surface area contributed by atoms with Crippen LogP contribution in [0, 0.1) is 0 Å². The van der Waals surface area contributed by atoms with Crippen LogP contribution in [0.15, 0.2) is 6.20 Å². The van der Waals surface area contributed by atoms with Crippen LogP contribution in [0.4, 0.5) is 5.95 Å². The average Bonchev–Trinajstić information content (AvgIpc) is 2.46. The first-order valence-corrected chi connectivity index (χ1v) is 6.00. The van der Waals surface area contributed by atoms with Gasteiger partial charge in [0.2, 0.25) is 5.95 Å². The molecule has 0 bridgehead atoms. The quantitative estimate of drug-likeness (QED) is 0.754. The zero-order valence-electron chi connectivity index (χ0n) is 10.7. The maximum atomic E-state index is 11.6. The van der Waals surface area contributed by atoms with Crippen LogP contribution in [-0.4, -0.2) is 43.2 Å². The van der Waals surface area contributed by atoms with Crippen molar-refractivity contribution < 1.29 is 14.3 Å². The molecule has 1 saturated heterocycles. The molecular weight excluding hydrogens is 234 g/mol. The molecule has 1 aromatic rings. The third-order valence-electron chi connectivity index (χ3n) is 2.98. The second kappa shape index (κ2) is 5.66. The molecule has 0 atom stereocenters. The molecule has 0 aromatic carbocycles. The number of rotatable bonds is 3. The molecule has 0 aliphatic carbocycles. The summed E-state index contributed by atoms with van der Waals surface area (Å²) in [6.45, 7) is 1.85. The van der Waals surface area contributed by atoms with E-state index in [0.717, 1.165) is 25.9 Å². The van der Waals surface area contributed by atoms with E-state index in [9.17, 15) is 4.79 Å². The van der Waals surface area contributed by atoms with Gasteiger partial charge in [0.15, 0.2) is 11.4 Å². The number of carbonyl (C=O) groups excluding carboxylic acids is 1. The molecule has 6 heteroatoms. The lowest BCUT2D eigenvalue weighted by Crippen LogP contribution is -2.31. The lowest BCUT2D eigenvalue weighted by atomic mass is 10.1. The van der Waals surface area contributed by atoms with E-state index < -0.39 is 5.97 Å². The maximum absolute atomic E-state index is 11.6. The number of carbonyl (C=O) groups is 1. The van der Waals surface area contributed by atoms with E-state index in [1.807, 2.05) is 0 Å². The van der Waals surface area contributed by atoms with Crippen molar-refractivity contribution in [3.8, 4) is 5.75 Å². The summed E-state index contributed by atoms with van der Waals surface area (Å²) in [6, 6.07) is 0. The molecule has 6 nitrogen and oxygen atoms in total. The van der Waals surface area contributed by atoms with Crippen molar-refractivity contribution in [1.29, 1.82) is 0 Å². The largest absolute Gasteiger partial charge is 0.493 e. The normalized spacial score (nSPS) is 15.3. The summed E-state index contributed by atoms with van der Waals surface area (Å²) < 4.78 is 9.76. The molecule has 2 heterocycles. The minimum absolute atomic E-state index is 0.176. The molecule has 1 fully saturated rings. The fraction of sp³-hybridized carbons (Fsp3) is 0.583. The topological polar surface area (TPSA) is 64.5 Å². The van der Waals surface area contributed by atoms with Gasteiger partial charge < -0.3 is 14.4 Å². The number of anilines is 1. The number of methoxy groups -OCH3 is 2. The molecule has 0 unspecified atom stereocenters. The van der Waals surface area contributed by atoms with Gasteiger partial charge in [-0.15, -0.1) is 0 Å². The lowest BCUT2D eigenvalue weighted by molar-refractivity contribution is 0.0590.